The zero-order valence-electron chi connectivity index (χ0n) is 7.72. The van der Waals surface area contributed by atoms with Crippen LogP contribution in [0.25, 0.3) is 0 Å². The Morgan fingerprint density at radius 1 is 1.50 bits per heavy atom. The van der Waals surface area contributed by atoms with Crippen molar-refractivity contribution in [2.24, 2.45) is 5.73 Å². The van der Waals surface area contributed by atoms with Crippen LogP contribution in [-0.2, 0) is 6.54 Å². The topological polar surface area (TPSA) is 48.1 Å². The largest absolute Gasteiger partial charge is 0.481 e. The van der Waals surface area contributed by atoms with Gasteiger partial charge in [-0.2, -0.15) is 0 Å². The molecule has 3 nitrogen and oxygen atoms in total. The van der Waals surface area contributed by atoms with Gasteiger partial charge >= 0.3 is 0 Å². The highest BCUT2D eigenvalue weighted by Gasteiger charge is 2.04. The van der Waals surface area contributed by atoms with E-state index in [9.17, 15) is 0 Å². The molecule has 0 amide bonds. The van der Waals surface area contributed by atoms with E-state index in [4.69, 9.17) is 10.5 Å². The van der Waals surface area contributed by atoms with Crippen molar-refractivity contribution in [2.45, 2.75) is 20.4 Å². The van der Waals surface area contributed by atoms with Crippen molar-refractivity contribution in [1.29, 1.82) is 0 Å². The van der Waals surface area contributed by atoms with Gasteiger partial charge in [-0.25, -0.2) is 4.98 Å². The molecule has 0 aliphatic heterocycles. The molecular formula is C9H14N2O. The van der Waals surface area contributed by atoms with E-state index in [1.54, 1.807) is 7.11 Å². The molecule has 0 aromatic carbocycles. The summed E-state index contributed by atoms with van der Waals surface area (Å²) in [5, 5.41) is 0. The third-order valence-corrected chi connectivity index (χ3v) is 1.92. The van der Waals surface area contributed by atoms with Crippen molar-refractivity contribution in [3.8, 4) is 5.88 Å². The highest BCUT2D eigenvalue weighted by atomic mass is 16.5. The lowest BCUT2D eigenvalue weighted by molar-refractivity contribution is 0.391. The van der Waals surface area contributed by atoms with Crippen LogP contribution in [0.3, 0.4) is 0 Å². The molecule has 3 heteroatoms. The fraction of sp³-hybridized carbons (Fsp3) is 0.444. The highest BCUT2D eigenvalue weighted by molar-refractivity contribution is 5.33. The summed E-state index contributed by atoms with van der Waals surface area (Å²) in [7, 11) is 1.61. The number of pyridine rings is 1. The van der Waals surface area contributed by atoms with Gasteiger partial charge in [0.25, 0.3) is 0 Å². The number of nitrogens with zero attached hydrogens (tertiary/aromatic N) is 1. The lowest BCUT2D eigenvalue weighted by atomic mass is 10.1. The van der Waals surface area contributed by atoms with Crippen LogP contribution < -0.4 is 10.5 Å². The molecular weight excluding hydrogens is 152 g/mol. The van der Waals surface area contributed by atoms with Crippen LogP contribution in [0, 0.1) is 13.8 Å². The average molecular weight is 166 g/mol. The molecule has 0 aliphatic rings. The maximum Gasteiger partial charge on any atom is 0.217 e. The second-order valence-corrected chi connectivity index (χ2v) is 2.76. The van der Waals surface area contributed by atoms with Gasteiger partial charge in [0, 0.05) is 17.8 Å². The number of nitrogens with two attached hydrogens (primary N) is 1. The molecule has 0 saturated heterocycles. The third-order valence-electron chi connectivity index (χ3n) is 1.92. The summed E-state index contributed by atoms with van der Waals surface area (Å²) in [5.41, 5.74) is 8.62. The molecule has 1 rings (SSSR count). The Hall–Kier alpha value is -1.09. The molecule has 0 atom stereocenters. The van der Waals surface area contributed by atoms with E-state index in [0.717, 1.165) is 16.8 Å². The molecule has 0 bridgehead atoms. The summed E-state index contributed by atoms with van der Waals surface area (Å²) < 4.78 is 5.08. The number of aromatic nitrogens is 1. The zero-order chi connectivity index (χ0) is 9.14. The molecule has 0 spiro atoms. The fourth-order valence-corrected chi connectivity index (χ4v) is 1.06. The Labute approximate surface area is 72.6 Å². The van der Waals surface area contributed by atoms with Crippen molar-refractivity contribution in [1.82, 2.24) is 4.98 Å². The van der Waals surface area contributed by atoms with E-state index in [1.807, 2.05) is 19.9 Å². The van der Waals surface area contributed by atoms with Crippen molar-refractivity contribution >= 4 is 0 Å². The normalized spacial score (nSPS) is 10.0. The van der Waals surface area contributed by atoms with E-state index < -0.39 is 0 Å². The van der Waals surface area contributed by atoms with Gasteiger partial charge in [-0.3, -0.25) is 0 Å². The number of aryl methyl sites for hydroxylation is 2. The molecule has 0 fully saturated rings. The number of hydrogen-bond acceptors (Lipinski definition) is 3. The van der Waals surface area contributed by atoms with Crippen molar-refractivity contribution in [3.05, 3.63) is 22.9 Å². The van der Waals surface area contributed by atoms with Crippen LogP contribution >= 0.6 is 0 Å². The number of ether oxygens (including phenoxy) is 1. The maximum atomic E-state index is 5.53. The van der Waals surface area contributed by atoms with Crippen molar-refractivity contribution in [2.75, 3.05) is 7.11 Å². The monoisotopic (exact) mass is 166 g/mol. The van der Waals surface area contributed by atoms with Crippen LogP contribution in [0.15, 0.2) is 6.07 Å². The predicted molar refractivity (Wildman–Crippen MR) is 48.2 cm³/mol. The molecule has 1 aromatic heterocycles. The Morgan fingerprint density at radius 3 is 2.67 bits per heavy atom. The summed E-state index contributed by atoms with van der Waals surface area (Å²) in [6.45, 7) is 4.44. The molecule has 12 heavy (non-hydrogen) atoms. The standard InChI is InChI=1S/C9H14N2O/c1-6-4-8(5-10)9(12-3)11-7(6)2/h4H,5,10H2,1-3H3. The summed E-state index contributed by atoms with van der Waals surface area (Å²) in [6, 6.07) is 2.02. The smallest absolute Gasteiger partial charge is 0.217 e. The molecule has 66 valence electrons. The van der Waals surface area contributed by atoms with Crippen LogP contribution in [-0.4, -0.2) is 12.1 Å². The third kappa shape index (κ3) is 1.56. The average Bonchev–Trinajstić information content (AvgIpc) is 2.09. The molecule has 0 radical (unpaired) electrons. The first kappa shape index (κ1) is 9.00. The van der Waals surface area contributed by atoms with Gasteiger partial charge in [0.05, 0.1) is 7.11 Å². The first-order chi connectivity index (χ1) is 5.69. The van der Waals surface area contributed by atoms with Crippen LogP contribution in [0.2, 0.25) is 0 Å². The van der Waals surface area contributed by atoms with Crippen molar-refractivity contribution in [3.63, 3.8) is 0 Å². The quantitative estimate of drug-likeness (QED) is 0.717. The van der Waals surface area contributed by atoms with Gasteiger partial charge in [-0.15, -0.1) is 0 Å². The zero-order valence-corrected chi connectivity index (χ0v) is 7.72. The lowest BCUT2D eigenvalue weighted by Gasteiger charge is -2.08. The summed E-state index contributed by atoms with van der Waals surface area (Å²) in [5.74, 6) is 0.639. The Kier molecular flexibility index (Phi) is 2.65. The molecule has 1 aromatic rings. The Balaban J connectivity index is 3.19. The maximum absolute atomic E-state index is 5.53. The van der Waals surface area contributed by atoms with E-state index in [1.165, 1.54) is 0 Å². The highest BCUT2D eigenvalue weighted by Crippen LogP contribution is 2.17. The predicted octanol–water partition coefficient (Wildman–Crippen LogP) is 1.17. The van der Waals surface area contributed by atoms with Gasteiger partial charge in [-0.05, 0) is 25.5 Å². The molecule has 0 unspecified atom stereocenters. The van der Waals surface area contributed by atoms with Crippen LogP contribution in [0.1, 0.15) is 16.8 Å². The molecule has 0 aliphatic carbocycles. The summed E-state index contributed by atoms with van der Waals surface area (Å²) >= 11 is 0. The van der Waals surface area contributed by atoms with E-state index in [-0.39, 0.29) is 0 Å². The SMILES string of the molecule is COc1nc(C)c(C)cc1CN. The number of hydrogen-bond donors (Lipinski definition) is 1. The van der Waals surface area contributed by atoms with E-state index >= 15 is 0 Å². The molecule has 0 saturated carbocycles. The number of methoxy groups -OCH3 is 1. The minimum absolute atomic E-state index is 0.470. The Bertz CT molecular complexity index is 255. The molecule has 1 heterocycles. The number of rotatable bonds is 2. The van der Waals surface area contributed by atoms with Gasteiger partial charge in [-0.1, -0.05) is 0 Å². The second kappa shape index (κ2) is 3.54. The first-order valence-electron chi connectivity index (χ1n) is 3.90. The fourth-order valence-electron chi connectivity index (χ4n) is 1.06. The second-order valence-electron chi connectivity index (χ2n) is 2.76. The summed E-state index contributed by atoms with van der Waals surface area (Å²) in [6.07, 6.45) is 0. The van der Waals surface area contributed by atoms with Gasteiger partial charge in [0.2, 0.25) is 5.88 Å². The lowest BCUT2D eigenvalue weighted by Crippen LogP contribution is -2.03. The minimum atomic E-state index is 0.470. The summed E-state index contributed by atoms with van der Waals surface area (Å²) in [4.78, 5) is 4.26. The Morgan fingerprint density at radius 2 is 2.17 bits per heavy atom. The van der Waals surface area contributed by atoms with E-state index in [0.29, 0.717) is 12.4 Å². The van der Waals surface area contributed by atoms with E-state index in [2.05, 4.69) is 4.98 Å². The van der Waals surface area contributed by atoms with Crippen molar-refractivity contribution < 1.29 is 4.74 Å². The van der Waals surface area contributed by atoms with Crippen LogP contribution in [0.5, 0.6) is 5.88 Å². The van der Waals surface area contributed by atoms with Gasteiger partial charge in [0.15, 0.2) is 0 Å². The minimum Gasteiger partial charge on any atom is -0.481 e. The van der Waals surface area contributed by atoms with Gasteiger partial charge < -0.3 is 10.5 Å². The first-order valence-corrected chi connectivity index (χ1v) is 3.90. The molecule has 2 N–H and O–H groups in total. The van der Waals surface area contributed by atoms with Gasteiger partial charge in [0.1, 0.15) is 0 Å². The van der Waals surface area contributed by atoms with Crippen LogP contribution in [0.4, 0.5) is 0 Å².